The highest BCUT2D eigenvalue weighted by molar-refractivity contribution is 7.92. The fourth-order valence-corrected chi connectivity index (χ4v) is 6.31. The minimum Gasteiger partial charge on any atom is -0.504 e. The average molecular weight is 606 g/mol. The maximum atomic E-state index is 13.7. The summed E-state index contributed by atoms with van der Waals surface area (Å²) in [5, 5.41) is 12.9. The van der Waals surface area contributed by atoms with Crippen LogP contribution in [0.2, 0.25) is 5.02 Å². The number of hydrogen-bond acceptors (Lipinski definition) is 9. The van der Waals surface area contributed by atoms with Crippen LogP contribution in [0.4, 0.5) is 15.2 Å². The second kappa shape index (κ2) is 11.7. The number of nitrogens with zero attached hydrogens (tertiary/aromatic N) is 3. The van der Waals surface area contributed by atoms with Crippen molar-refractivity contribution in [2.45, 2.75) is 18.5 Å². The number of methoxy groups -OCH3 is 1. The number of benzene rings is 2. The molecular formula is C26H25ClFN5O5S2. The van der Waals surface area contributed by atoms with Crippen LogP contribution >= 0.6 is 22.9 Å². The Morgan fingerprint density at radius 1 is 1.23 bits per heavy atom. The van der Waals surface area contributed by atoms with Crippen molar-refractivity contribution < 1.29 is 27.4 Å². The molecule has 210 valence electrons. The summed E-state index contributed by atoms with van der Waals surface area (Å²) in [5.41, 5.74) is 1.97. The molecule has 1 amide bonds. The van der Waals surface area contributed by atoms with Gasteiger partial charge in [0.15, 0.2) is 21.7 Å². The van der Waals surface area contributed by atoms with Crippen LogP contribution in [0.3, 0.4) is 0 Å². The number of aromatic nitrogens is 2. The van der Waals surface area contributed by atoms with E-state index in [1.54, 1.807) is 45.3 Å². The molecule has 3 N–H and O–H groups in total. The lowest BCUT2D eigenvalue weighted by Crippen LogP contribution is -2.21. The summed E-state index contributed by atoms with van der Waals surface area (Å²) in [6, 6.07) is 10.6. The van der Waals surface area contributed by atoms with Gasteiger partial charge in [0.25, 0.3) is 15.9 Å². The lowest BCUT2D eigenvalue weighted by Gasteiger charge is -2.12. The van der Waals surface area contributed by atoms with Gasteiger partial charge in [-0.3, -0.25) is 9.52 Å². The molecule has 2 heterocycles. The van der Waals surface area contributed by atoms with Crippen molar-refractivity contribution in [3.8, 4) is 22.8 Å². The normalized spacial score (nSPS) is 11.2. The molecule has 0 saturated heterocycles. The summed E-state index contributed by atoms with van der Waals surface area (Å²) in [6.07, 6.45) is 1.35. The number of para-hydroxylation sites is 1. The summed E-state index contributed by atoms with van der Waals surface area (Å²) >= 11 is 6.76. The summed E-state index contributed by atoms with van der Waals surface area (Å²) in [5.74, 6) is -0.708. The molecule has 0 radical (unpaired) electrons. The number of phenolic OH excluding ortho intramolecular Hbond substituents is 1. The van der Waals surface area contributed by atoms with Gasteiger partial charge in [-0.25, -0.2) is 14.4 Å². The van der Waals surface area contributed by atoms with Gasteiger partial charge < -0.3 is 20.1 Å². The number of aryl methyl sites for hydroxylation is 1. The summed E-state index contributed by atoms with van der Waals surface area (Å²) in [6.45, 7) is 1.83. The Morgan fingerprint density at radius 2 is 1.98 bits per heavy atom. The fraction of sp³-hybridized carbons (Fsp3) is 0.192. The van der Waals surface area contributed by atoms with Crippen molar-refractivity contribution in [2.24, 2.45) is 0 Å². The van der Waals surface area contributed by atoms with Gasteiger partial charge in [-0.2, -0.15) is 8.42 Å². The van der Waals surface area contributed by atoms with E-state index in [1.807, 2.05) is 0 Å². The Labute approximate surface area is 239 Å². The van der Waals surface area contributed by atoms with E-state index < -0.39 is 21.7 Å². The van der Waals surface area contributed by atoms with Crippen molar-refractivity contribution in [3.63, 3.8) is 0 Å². The summed E-state index contributed by atoms with van der Waals surface area (Å²) < 4.78 is 47.7. The van der Waals surface area contributed by atoms with Gasteiger partial charge in [-0.05, 0) is 42.8 Å². The zero-order valence-corrected chi connectivity index (χ0v) is 24.2. The Balaban J connectivity index is 1.59. The van der Waals surface area contributed by atoms with E-state index in [2.05, 4.69) is 20.0 Å². The van der Waals surface area contributed by atoms with Gasteiger partial charge in [0.1, 0.15) is 10.7 Å². The number of hydrogen-bond donors (Lipinski definition) is 3. The standard InChI is InChI=1S/C26H25ClFN5O5S2/c1-14-10-17(29-12-16-6-5-7-20(38-4)22(16)34)13-30-24(14)40(36,37)32-26-31-21(23(39-26)25(35)33(2)3)15-8-9-19(28)18(27)11-15/h5-11,13,29,34H,12H2,1-4H3,(H,31,32). The number of carbonyl (C=O) groups excluding carboxylic acids is 1. The molecule has 0 aliphatic rings. The number of halogens is 2. The van der Waals surface area contributed by atoms with Gasteiger partial charge in [0, 0.05) is 31.8 Å². The zero-order valence-electron chi connectivity index (χ0n) is 21.8. The second-order valence-corrected chi connectivity index (χ2v) is 11.8. The van der Waals surface area contributed by atoms with Crippen molar-refractivity contribution in [1.82, 2.24) is 14.9 Å². The van der Waals surface area contributed by atoms with E-state index >= 15 is 0 Å². The molecule has 0 spiro atoms. The summed E-state index contributed by atoms with van der Waals surface area (Å²) in [7, 11) is 0.353. The Morgan fingerprint density at radius 3 is 2.62 bits per heavy atom. The van der Waals surface area contributed by atoms with Crippen LogP contribution in [0.15, 0.2) is 53.7 Å². The van der Waals surface area contributed by atoms with Crippen molar-refractivity contribution in [1.29, 1.82) is 0 Å². The quantitative estimate of drug-likeness (QED) is 0.239. The molecule has 14 heteroatoms. The van der Waals surface area contributed by atoms with Crippen molar-refractivity contribution in [3.05, 3.63) is 75.5 Å². The van der Waals surface area contributed by atoms with Crippen LogP contribution in [-0.4, -0.2) is 55.5 Å². The Hall–Kier alpha value is -3.94. The number of thiazole rings is 1. The monoisotopic (exact) mass is 605 g/mol. The first-order valence-corrected chi connectivity index (χ1v) is 14.3. The van der Waals surface area contributed by atoms with Gasteiger partial charge in [-0.15, -0.1) is 0 Å². The summed E-state index contributed by atoms with van der Waals surface area (Å²) in [4.78, 5) is 22.7. The highest BCUT2D eigenvalue weighted by Crippen LogP contribution is 2.35. The topological polar surface area (TPSA) is 134 Å². The third kappa shape index (κ3) is 6.11. The minimum absolute atomic E-state index is 0.00317. The smallest absolute Gasteiger partial charge is 0.281 e. The number of phenols is 1. The number of amides is 1. The van der Waals surface area contributed by atoms with Crippen LogP contribution in [-0.2, 0) is 16.6 Å². The van der Waals surface area contributed by atoms with Gasteiger partial charge in [-0.1, -0.05) is 35.1 Å². The molecule has 0 bridgehead atoms. The number of rotatable bonds is 9. The predicted octanol–water partition coefficient (Wildman–Crippen LogP) is 5.13. The highest BCUT2D eigenvalue weighted by Gasteiger charge is 2.26. The molecular weight excluding hydrogens is 581 g/mol. The number of carbonyl (C=O) groups is 1. The number of aromatic hydroxyl groups is 1. The largest absolute Gasteiger partial charge is 0.504 e. The van der Waals surface area contributed by atoms with E-state index in [9.17, 15) is 22.7 Å². The van der Waals surface area contributed by atoms with Crippen LogP contribution in [0.1, 0.15) is 20.8 Å². The number of sulfonamides is 1. The average Bonchev–Trinajstić information content (AvgIpc) is 3.31. The maximum Gasteiger partial charge on any atom is 0.281 e. The third-order valence-electron chi connectivity index (χ3n) is 5.71. The molecule has 0 aliphatic heterocycles. The first-order valence-electron chi connectivity index (χ1n) is 11.7. The first-order chi connectivity index (χ1) is 18.9. The lowest BCUT2D eigenvalue weighted by atomic mass is 10.1. The molecule has 40 heavy (non-hydrogen) atoms. The molecule has 0 atom stereocenters. The predicted molar refractivity (Wildman–Crippen MR) is 152 cm³/mol. The van der Waals surface area contributed by atoms with E-state index in [0.717, 1.165) is 17.4 Å². The number of pyridine rings is 1. The number of nitrogens with one attached hydrogen (secondary N) is 2. The molecule has 0 aliphatic carbocycles. The molecule has 4 rings (SSSR count). The molecule has 10 nitrogen and oxygen atoms in total. The molecule has 2 aromatic carbocycles. The van der Waals surface area contributed by atoms with Crippen LogP contribution in [0.25, 0.3) is 11.3 Å². The fourth-order valence-electron chi connectivity index (χ4n) is 3.73. The van der Waals surface area contributed by atoms with Gasteiger partial charge in [0.05, 0.1) is 29.7 Å². The Kier molecular flexibility index (Phi) is 8.47. The number of anilines is 2. The molecule has 4 aromatic rings. The molecule has 2 aromatic heterocycles. The maximum absolute atomic E-state index is 13.7. The van der Waals surface area contributed by atoms with Crippen LogP contribution in [0, 0.1) is 12.7 Å². The van der Waals surface area contributed by atoms with E-state index in [-0.39, 0.29) is 38.0 Å². The molecule has 0 unspecified atom stereocenters. The lowest BCUT2D eigenvalue weighted by molar-refractivity contribution is 0.0832. The minimum atomic E-state index is -4.20. The van der Waals surface area contributed by atoms with Crippen molar-refractivity contribution in [2.75, 3.05) is 31.2 Å². The zero-order chi connectivity index (χ0) is 29.2. The molecule has 0 saturated carbocycles. The van der Waals surface area contributed by atoms with E-state index in [0.29, 0.717) is 28.1 Å². The first kappa shape index (κ1) is 29.1. The third-order valence-corrected chi connectivity index (χ3v) is 8.49. The molecule has 0 fully saturated rings. The number of ether oxygens (including phenoxy) is 1. The Bertz CT molecular complexity index is 1690. The van der Waals surface area contributed by atoms with E-state index in [1.165, 1.54) is 30.3 Å². The van der Waals surface area contributed by atoms with E-state index in [4.69, 9.17) is 16.3 Å². The van der Waals surface area contributed by atoms with Gasteiger partial charge >= 0.3 is 0 Å². The van der Waals surface area contributed by atoms with Crippen LogP contribution in [0.5, 0.6) is 11.5 Å². The second-order valence-electron chi connectivity index (χ2n) is 8.80. The SMILES string of the molecule is COc1cccc(CNc2cnc(S(=O)(=O)Nc3nc(-c4ccc(F)c(Cl)c4)c(C(=O)N(C)C)s3)c(C)c2)c1O. The van der Waals surface area contributed by atoms with Crippen molar-refractivity contribution >= 4 is 49.7 Å². The highest BCUT2D eigenvalue weighted by atomic mass is 35.5. The van der Waals surface area contributed by atoms with Crippen LogP contribution < -0.4 is 14.8 Å². The van der Waals surface area contributed by atoms with Gasteiger partial charge in [0.2, 0.25) is 0 Å².